The van der Waals surface area contributed by atoms with E-state index in [4.69, 9.17) is 11.6 Å². The highest BCUT2D eigenvalue weighted by Crippen LogP contribution is 2.31. The van der Waals surface area contributed by atoms with Gasteiger partial charge in [0, 0.05) is 48.3 Å². The lowest BCUT2D eigenvalue weighted by Gasteiger charge is -2.34. The second-order valence-corrected chi connectivity index (χ2v) is 10.0. The maximum absolute atomic E-state index is 14.2. The van der Waals surface area contributed by atoms with Crippen LogP contribution in [0, 0.1) is 12.7 Å². The van der Waals surface area contributed by atoms with Gasteiger partial charge in [0.15, 0.2) is 0 Å². The topological polar surface area (TPSA) is 57.6 Å². The molecule has 0 spiro atoms. The van der Waals surface area contributed by atoms with Gasteiger partial charge < -0.3 is 19.7 Å². The summed E-state index contributed by atoms with van der Waals surface area (Å²) in [4.78, 5) is 30.0. The number of urea groups is 1. The van der Waals surface area contributed by atoms with Gasteiger partial charge in [-0.1, -0.05) is 48.9 Å². The largest absolute Gasteiger partial charge is 0.335 e. The van der Waals surface area contributed by atoms with Gasteiger partial charge in [-0.15, -0.1) is 0 Å². The minimum atomic E-state index is -0.355. The first-order chi connectivity index (χ1) is 18.8. The monoisotopic (exact) mass is 544 g/mol. The van der Waals surface area contributed by atoms with E-state index in [0.717, 1.165) is 23.4 Å². The van der Waals surface area contributed by atoms with E-state index in [1.54, 1.807) is 28.0 Å². The van der Waals surface area contributed by atoms with Crippen LogP contribution in [0.1, 0.15) is 28.5 Å². The predicted octanol–water partition coefficient (Wildman–Crippen LogP) is 6.80. The number of amides is 3. The number of nitrogens with zero attached hydrogens (tertiary/aromatic N) is 3. The lowest BCUT2D eigenvalue weighted by molar-refractivity contribution is 0.0671. The molecule has 0 aliphatic carbocycles. The Labute approximate surface area is 232 Å². The number of carbonyl (C=O) groups excluding carboxylic acids is 2. The van der Waals surface area contributed by atoms with E-state index in [1.807, 2.05) is 60.0 Å². The first-order valence-electron chi connectivity index (χ1n) is 13.0. The Morgan fingerprint density at radius 1 is 0.897 bits per heavy atom. The van der Waals surface area contributed by atoms with Crippen LogP contribution < -0.4 is 5.32 Å². The number of aromatic nitrogens is 1. The van der Waals surface area contributed by atoms with Crippen molar-refractivity contribution in [3.05, 3.63) is 107 Å². The fourth-order valence-corrected chi connectivity index (χ4v) is 5.04. The molecule has 1 N–H and O–H groups in total. The number of nitrogens with one attached hydrogen (secondary N) is 1. The van der Waals surface area contributed by atoms with Crippen LogP contribution >= 0.6 is 11.6 Å². The second-order valence-electron chi connectivity index (χ2n) is 9.61. The molecule has 1 aromatic heterocycles. The van der Waals surface area contributed by atoms with Crippen molar-refractivity contribution in [3.8, 4) is 16.9 Å². The van der Waals surface area contributed by atoms with Crippen molar-refractivity contribution in [1.29, 1.82) is 0 Å². The molecule has 0 unspecified atom stereocenters. The highest BCUT2D eigenvalue weighted by atomic mass is 35.5. The zero-order chi connectivity index (χ0) is 27.5. The van der Waals surface area contributed by atoms with Gasteiger partial charge in [0.1, 0.15) is 5.82 Å². The molecule has 39 heavy (non-hydrogen) atoms. The summed E-state index contributed by atoms with van der Waals surface area (Å²) in [7, 11) is 0. The third-order valence-corrected chi connectivity index (χ3v) is 7.40. The number of hydrogen-bond donors (Lipinski definition) is 1. The molecule has 1 saturated heterocycles. The van der Waals surface area contributed by atoms with Gasteiger partial charge in [0.05, 0.1) is 11.3 Å². The number of rotatable bonds is 5. The van der Waals surface area contributed by atoms with Crippen LogP contribution in [0.15, 0.2) is 78.9 Å². The van der Waals surface area contributed by atoms with Gasteiger partial charge in [-0.3, -0.25) is 4.79 Å². The number of benzene rings is 3. The Balaban J connectivity index is 1.34. The highest BCUT2D eigenvalue weighted by Gasteiger charge is 2.28. The van der Waals surface area contributed by atoms with E-state index in [0.29, 0.717) is 48.1 Å². The molecule has 3 aromatic carbocycles. The third kappa shape index (κ3) is 5.68. The van der Waals surface area contributed by atoms with Crippen LogP contribution in [0.2, 0.25) is 5.02 Å². The molecule has 8 heteroatoms. The number of anilines is 1. The first kappa shape index (κ1) is 26.5. The van der Waals surface area contributed by atoms with Crippen LogP contribution in [0.25, 0.3) is 16.9 Å². The molecule has 1 fully saturated rings. The van der Waals surface area contributed by atoms with E-state index < -0.39 is 0 Å². The van der Waals surface area contributed by atoms with Gasteiger partial charge in [-0.2, -0.15) is 0 Å². The lowest BCUT2D eigenvalue weighted by Crippen LogP contribution is -2.51. The minimum absolute atomic E-state index is 0.118. The van der Waals surface area contributed by atoms with Crippen LogP contribution in [0.4, 0.5) is 14.9 Å². The van der Waals surface area contributed by atoms with E-state index in [-0.39, 0.29) is 17.8 Å². The molecule has 5 rings (SSSR count). The molecule has 200 valence electrons. The molecule has 1 aliphatic heterocycles. The first-order valence-corrected chi connectivity index (χ1v) is 13.4. The van der Waals surface area contributed by atoms with Crippen LogP contribution in [-0.4, -0.2) is 52.5 Å². The van der Waals surface area contributed by atoms with Crippen molar-refractivity contribution in [2.45, 2.75) is 20.3 Å². The molecule has 1 aliphatic rings. The fraction of sp³-hybridized carbons (Fsp3) is 0.226. The Morgan fingerprint density at radius 3 is 2.21 bits per heavy atom. The Morgan fingerprint density at radius 2 is 1.56 bits per heavy atom. The van der Waals surface area contributed by atoms with Crippen LogP contribution in [0.3, 0.4) is 0 Å². The smallest absolute Gasteiger partial charge is 0.321 e. The van der Waals surface area contributed by atoms with E-state index in [9.17, 15) is 14.0 Å². The second kappa shape index (κ2) is 11.3. The lowest BCUT2D eigenvalue weighted by atomic mass is 10.1. The molecule has 3 amide bonds. The predicted molar refractivity (Wildman–Crippen MR) is 153 cm³/mol. The summed E-state index contributed by atoms with van der Waals surface area (Å²) >= 11 is 6.11. The summed E-state index contributed by atoms with van der Waals surface area (Å²) in [5.74, 6) is -0.473. The molecule has 4 aromatic rings. The molecular weight excluding hydrogens is 515 g/mol. The minimum Gasteiger partial charge on any atom is -0.335 e. The van der Waals surface area contributed by atoms with Gasteiger partial charge in [0.2, 0.25) is 0 Å². The number of piperazine rings is 1. The van der Waals surface area contributed by atoms with E-state index in [1.165, 1.54) is 17.7 Å². The van der Waals surface area contributed by atoms with E-state index in [2.05, 4.69) is 12.2 Å². The summed E-state index contributed by atoms with van der Waals surface area (Å²) < 4.78 is 16.1. The molecule has 0 saturated carbocycles. The molecule has 0 atom stereocenters. The van der Waals surface area contributed by atoms with Crippen LogP contribution in [0.5, 0.6) is 0 Å². The SMILES string of the molecule is CCc1ccc(NC(=O)N2CCN(C(=O)c3cc(-c4ccc(Cl)cc4)n(-c4cccc(F)c4)c3C)CC2)cc1. The highest BCUT2D eigenvalue weighted by molar-refractivity contribution is 6.30. The Kier molecular flexibility index (Phi) is 7.70. The quantitative estimate of drug-likeness (QED) is 0.300. The molecule has 6 nitrogen and oxygen atoms in total. The molecule has 0 radical (unpaired) electrons. The number of carbonyl (C=O) groups is 2. The van der Waals surface area contributed by atoms with Crippen molar-refractivity contribution < 1.29 is 14.0 Å². The standard InChI is InChI=1S/C31H30ClFN4O2/c1-3-22-7-13-26(14-8-22)34-31(39)36-17-15-35(16-18-36)30(38)28-20-29(23-9-11-24(32)12-10-23)37(21(28)2)27-6-4-5-25(33)19-27/h4-14,19-20H,3,15-18H2,1-2H3,(H,34,39). The van der Waals surface area contributed by atoms with Crippen LogP contribution in [-0.2, 0) is 6.42 Å². The van der Waals surface area contributed by atoms with Gasteiger partial charge in [-0.25, -0.2) is 9.18 Å². The normalized spacial score (nSPS) is 13.4. The summed E-state index contributed by atoms with van der Waals surface area (Å²) in [6.07, 6.45) is 0.941. The number of halogens is 2. The molecule has 0 bridgehead atoms. The molecule has 2 heterocycles. The van der Waals surface area contributed by atoms with Crippen molar-refractivity contribution in [3.63, 3.8) is 0 Å². The fourth-order valence-electron chi connectivity index (χ4n) is 4.91. The maximum atomic E-state index is 14.2. The third-order valence-electron chi connectivity index (χ3n) is 7.15. The average molecular weight is 545 g/mol. The van der Waals surface area contributed by atoms with E-state index >= 15 is 0 Å². The Bertz CT molecular complexity index is 1490. The zero-order valence-electron chi connectivity index (χ0n) is 22.0. The van der Waals surface area contributed by atoms with Crippen molar-refractivity contribution in [1.82, 2.24) is 14.4 Å². The summed E-state index contributed by atoms with van der Waals surface area (Å²) in [5.41, 5.74) is 5.47. The maximum Gasteiger partial charge on any atom is 0.321 e. The van der Waals surface area contributed by atoms with Crippen molar-refractivity contribution in [2.24, 2.45) is 0 Å². The number of aryl methyl sites for hydroxylation is 1. The average Bonchev–Trinajstić information content (AvgIpc) is 3.30. The number of hydrogen-bond acceptors (Lipinski definition) is 2. The summed E-state index contributed by atoms with van der Waals surface area (Å²) in [6.45, 7) is 5.65. The summed E-state index contributed by atoms with van der Waals surface area (Å²) in [6, 6.07) is 23.2. The molecular formula is C31H30ClFN4O2. The van der Waals surface area contributed by atoms with Crippen molar-refractivity contribution in [2.75, 3.05) is 31.5 Å². The summed E-state index contributed by atoms with van der Waals surface area (Å²) in [5, 5.41) is 3.55. The van der Waals surface area contributed by atoms with Gasteiger partial charge in [-0.05, 0) is 73.0 Å². The Hall–Kier alpha value is -4.10. The van der Waals surface area contributed by atoms with Gasteiger partial charge >= 0.3 is 6.03 Å². The van der Waals surface area contributed by atoms with Gasteiger partial charge in [0.25, 0.3) is 5.91 Å². The van der Waals surface area contributed by atoms with Crippen molar-refractivity contribution >= 4 is 29.2 Å². The zero-order valence-corrected chi connectivity index (χ0v) is 22.7.